The van der Waals surface area contributed by atoms with E-state index >= 15 is 0 Å². The van der Waals surface area contributed by atoms with Crippen LogP contribution in [-0.2, 0) is 11.2 Å². The van der Waals surface area contributed by atoms with Gasteiger partial charge in [0.2, 0.25) is 5.91 Å². The number of anilines is 1. The molecule has 0 saturated carbocycles. The molecule has 0 unspecified atom stereocenters. The van der Waals surface area contributed by atoms with Crippen molar-refractivity contribution in [3.8, 4) is 17.0 Å². The summed E-state index contributed by atoms with van der Waals surface area (Å²) in [4.78, 5) is 30.4. The van der Waals surface area contributed by atoms with Crippen molar-refractivity contribution in [2.75, 3.05) is 12.4 Å². The van der Waals surface area contributed by atoms with Crippen LogP contribution in [0.25, 0.3) is 22.2 Å². The number of carbonyl (C=O) groups excluding carboxylic acids is 2. The van der Waals surface area contributed by atoms with Gasteiger partial charge in [-0.25, -0.2) is 10.4 Å². The van der Waals surface area contributed by atoms with Gasteiger partial charge in [0.1, 0.15) is 5.75 Å². The van der Waals surface area contributed by atoms with Crippen LogP contribution in [0.5, 0.6) is 5.75 Å². The predicted molar refractivity (Wildman–Crippen MR) is 159 cm³/mol. The number of amides is 2. The molecule has 2 N–H and O–H groups in total. The molecule has 1 heterocycles. The van der Waals surface area contributed by atoms with E-state index in [1.165, 1.54) is 0 Å². The van der Waals surface area contributed by atoms with Gasteiger partial charge in [-0.05, 0) is 54.4 Å². The number of benzene rings is 4. The molecule has 198 valence electrons. The first-order valence-electron chi connectivity index (χ1n) is 12.8. The fourth-order valence-corrected chi connectivity index (χ4v) is 4.31. The summed E-state index contributed by atoms with van der Waals surface area (Å²) in [6.07, 6.45) is 0.258. The largest absolute Gasteiger partial charge is 0.497 e. The minimum atomic E-state index is -0.322. The highest BCUT2D eigenvalue weighted by atomic mass is 16.5. The van der Waals surface area contributed by atoms with Crippen LogP contribution >= 0.6 is 0 Å². The van der Waals surface area contributed by atoms with Crippen LogP contribution in [-0.4, -0.2) is 29.6 Å². The monoisotopic (exact) mass is 528 g/mol. The van der Waals surface area contributed by atoms with Gasteiger partial charge in [-0.3, -0.25) is 9.59 Å². The molecule has 7 nitrogen and oxygen atoms in total. The van der Waals surface area contributed by atoms with E-state index < -0.39 is 0 Å². The molecule has 0 aliphatic heterocycles. The lowest BCUT2D eigenvalue weighted by atomic mass is 10.0. The SMILES string of the molecule is COc1ccc(CC(=O)Nc2ccc(/C(C)=N/NC(=O)c3cc(-c4ccccc4)nc4ccccc34)cc2)cc1. The molecule has 4 aromatic carbocycles. The molecule has 0 spiro atoms. The minimum absolute atomic E-state index is 0.116. The maximum Gasteiger partial charge on any atom is 0.272 e. The number of hydrogen-bond acceptors (Lipinski definition) is 5. The topological polar surface area (TPSA) is 92.7 Å². The summed E-state index contributed by atoms with van der Waals surface area (Å²) in [5, 5.41) is 8.00. The normalized spacial score (nSPS) is 11.2. The third kappa shape index (κ3) is 6.22. The Hall–Kier alpha value is -5.30. The Balaban J connectivity index is 1.26. The fourth-order valence-electron chi connectivity index (χ4n) is 4.31. The van der Waals surface area contributed by atoms with E-state index in [1.54, 1.807) is 13.2 Å². The van der Waals surface area contributed by atoms with Gasteiger partial charge in [-0.1, -0.05) is 72.8 Å². The van der Waals surface area contributed by atoms with E-state index in [1.807, 2.05) is 110 Å². The molecule has 5 rings (SSSR count). The molecule has 7 heteroatoms. The van der Waals surface area contributed by atoms with Crippen molar-refractivity contribution >= 4 is 34.1 Å². The minimum Gasteiger partial charge on any atom is -0.497 e. The van der Waals surface area contributed by atoms with Crippen molar-refractivity contribution in [1.29, 1.82) is 0 Å². The molecule has 2 amide bonds. The van der Waals surface area contributed by atoms with Crippen LogP contribution in [0.3, 0.4) is 0 Å². The number of aromatic nitrogens is 1. The molecular formula is C33H28N4O3. The van der Waals surface area contributed by atoms with E-state index in [9.17, 15) is 9.59 Å². The fraction of sp³-hybridized carbons (Fsp3) is 0.0909. The molecule has 0 atom stereocenters. The highest BCUT2D eigenvalue weighted by molar-refractivity contribution is 6.08. The lowest BCUT2D eigenvalue weighted by Gasteiger charge is -2.10. The van der Waals surface area contributed by atoms with Gasteiger partial charge in [0, 0.05) is 16.6 Å². The van der Waals surface area contributed by atoms with Crippen LogP contribution in [0.1, 0.15) is 28.4 Å². The number of methoxy groups -OCH3 is 1. The maximum absolute atomic E-state index is 13.2. The number of hydrogen-bond donors (Lipinski definition) is 2. The van der Waals surface area contributed by atoms with Gasteiger partial charge in [0.05, 0.1) is 36.0 Å². The molecule has 0 fully saturated rings. The van der Waals surface area contributed by atoms with E-state index in [-0.39, 0.29) is 18.2 Å². The second-order valence-corrected chi connectivity index (χ2v) is 9.23. The average Bonchev–Trinajstić information content (AvgIpc) is 3.00. The first-order valence-corrected chi connectivity index (χ1v) is 12.8. The summed E-state index contributed by atoms with van der Waals surface area (Å²) >= 11 is 0. The smallest absolute Gasteiger partial charge is 0.272 e. The van der Waals surface area contributed by atoms with Crippen molar-refractivity contribution < 1.29 is 14.3 Å². The number of carbonyl (C=O) groups is 2. The highest BCUT2D eigenvalue weighted by Crippen LogP contribution is 2.25. The Morgan fingerprint density at radius 3 is 2.27 bits per heavy atom. The lowest BCUT2D eigenvalue weighted by Crippen LogP contribution is -2.20. The van der Waals surface area contributed by atoms with Crippen LogP contribution in [0.4, 0.5) is 5.69 Å². The Labute approximate surface area is 232 Å². The Bertz CT molecular complexity index is 1680. The van der Waals surface area contributed by atoms with Crippen LogP contribution in [0, 0.1) is 0 Å². The van der Waals surface area contributed by atoms with Gasteiger partial charge in [-0.15, -0.1) is 0 Å². The number of pyridine rings is 1. The molecular weight excluding hydrogens is 500 g/mol. The van der Waals surface area contributed by atoms with E-state index in [2.05, 4.69) is 15.8 Å². The van der Waals surface area contributed by atoms with Crippen molar-refractivity contribution in [2.24, 2.45) is 5.10 Å². The number of rotatable bonds is 8. The molecule has 1 aromatic heterocycles. The first-order chi connectivity index (χ1) is 19.5. The number of ether oxygens (including phenoxy) is 1. The highest BCUT2D eigenvalue weighted by Gasteiger charge is 2.14. The van der Waals surface area contributed by atoms with E-state index in [0.29, 0.717) is 17.0 Å². The quantitative estimate of drug-likeness (QED) is 0.184. The summed E-state index contributed by atoms with van der Waals surface area (Å²) in [7, 11) is 1.61. The molecule has 40 heavy (non-hydrogen) atoms. The van der Waals surface area contributed by atoms with E-state index in [4.69, 9.17) is 9.72 Å². The van der Waals surface area contributed by atoms with Crippen molar-refractivity contribution in [3.05, 3.63) is 126 Å². The zero-order valence-electron chi connectivity index (χ0n) is 22.2. The van der Waals surface area contributed by atoms with E-state index in [0.717, 1.165) is 39.0 Å². The standard InChI is InChI=1S/C33H28N4O3/c1-22(24-14-16-26(17-15-24)34-32(38)20-23-12-18-27(40-2)19-13-23)36-37-33(39)29-21-31(25-8-4-3-5-9-25)35-30-11-7-6-10-28(29)30/h3-19,21H,20H2,1-2H3,(H,34,38)(H,37,39)/b36-22+. The van der Waals surface area contributed by atoms with Crippen LogP contribution in [0.15, 0.2) is 114 Å². The van der Waals surface area contributed by atoms with Crippen LogP contribution in [0.2, 0.25) is 0 Å². The Kier molecular flexibility index (Phi) is 7.92. The molecule has 0 saturated heterocycles. The van der Waals surface area contributed by atoms with Gasteiger partial charge < -0.3 is 10.1 Å². The number of nitrogens with one attached hydrogen (secondary N) is 2. The number of nitrogens with zero attached hydrogens (tertiary/aromatic N) is 2. The number of hydrazone groups is 1. The second kappa shape index (κ2) is 12.0. The molecule has 0 aliphatic carbocycles. The molecule has 5 aromatic rings. The number of para-hydroxylation sites is 1. The lowest BCUT2D eigenvalue weighted by molar-refractivity contribution is -0.115. The predicted octanol–water partition coefficient (Wildman–Crippen LogP) is 6.25. The third-order valence-electron chi connectivity index (χ3n) is 6.47. The Morgan fingerprint density at radius 1 is 0.850 bits per heavy atom. The zero-order valence-corrected chi connectivity index (χ0v) is 22.2. The van der Waals surface area contributed by atoms with Crippen molar-refractivity contribution in [3.63, 3.8) is 0 Å². The maximum atomic E-state index is 13.2. The van der Waals surface area contributed by atoms with Gasteiger partial charge in [0.15, 0.2) is 0 Å². The summed E-state index contributed by atoms with van der Waals surface area (Å²) < 4.78 is 5.16. The van der Waals surface area contributed by atoms with Gasteiger partial charge in [0.25, 0.3) is 5.91 Å². The summed E-state index contributed by atoms with van der Waals surface area (Å²) in [5.74, 6) is 0.312. The summed E-state index contributed by atoms with van der Waals surface area (Å²) in [5.41, 5.74) is 8.59. The van der Waals surface area contributed by atoms with Crippen molar-refractivity contribution in [1.82, 2.24) is 10.4 Å². The third-order valence-corrected chi connectivity index (χ3v) is 6.47. The molecule has 0 aliphatic rings. The summed E-state index contributed by atoms with van der Waals surface area (Å²) in [6.45, 7) is 1.82. The average molecular weight is 529 g/mol. The number of fused-ring (bicyclic) bond motifs is 1. The van der Waals surface area contributed by atoms with Gasteiger partial charge >= 0.3 is 0 Å². The van der Waals surface area contributed by atoms with Crippen LogP contribution < -0.4 is 15.5 Å². The van der Waals surface area contributed by atoms with Gasteiger partial charge in [-0.2, -0.15) is 5.10 Å². The second-order valence-electron chi connectivity index (χ2n) is 9.23. The zero-order chi connectivity index (χ0) is 27.9. The molecule has 0 bridgehead atoms. The molecule has 0 radical (unpaired) electrons. The van der Waals surface area contributed by atoms with Crippen molar-refractivity contribution in [2.45, 2.75) is 13.3 Å². The first kappa shape index (κ1) is 26.3. The Morgan fingerprint density at radius 2 is 1.55 bits per heavy atom. The summed E-state index contributed by atoms with van der Waals surface area (Å²) in [6, 6.07) is 33.8.